The van der Waals surface area contributed by atoms with Crippen LogP contribution >= 0.6 is 9.47 Å². The molecule has 0 bridgehead atoms. The highest BCUT2D eigenvalue weighted by atomic mass is 31.0. The van der Waals surface area contributed by atoms with Crippen molar-refractivity contribution in [2.45, 2.75) is 89.8 Å². The van der Waals surface area contributed by atoms with Crippen LogP contribution in [0.1, 0.15) is 84.0 Å². The largest absolute Gasteiger partial charge is 0.526 e. The lowest BCUT2D eigenvalue weighted by Gasteiger charge is -2.36. The molecule has 0 amide bonds. The summed E-state index contributed by atoms with van der Waals surface area (Å²) in [6.45, 7) is 2.48. The molecular formula is C19H40NO3P. The molecule has 144 valence electrons. The van der Waals surface area contributed by atoms with Crippen molar-refractivity contribution in [3.05, 3.63) is 0 Å². The first-order chi connectivity index (χ1) is 11.2. The summed E-state index contributed by atoms with van der Waals surface area (Å²) in [5.74, 6) is -1.96. The van der Waals surface area contributed by atoms with Gasteiger partial charge in [-0.1, -0.05) is 71.1 Å². The molecule has 0 heterocycles. The fraction of sp³-hybridized carbons (Fsp3) is 0.947. The van der Waals surface area contributed by atoms with E-state index in [2.05, 4.69) is 16.4 Å². The molecule has 0 aromatic carbocycles. The minimum atomic E-state index is -1.73. The van der Waals surface area contributed by atoms with Crippen molar-refractivity contribution in [2.75, 3.05) is 27.7 Å². The highest BCUT2D eigenvalue weighted by Gasteiger charge is 2.37. The lowest BCUT2D eigenvalue weighted by molar-refractivity contribution is -0.878. The Morgan fingerprint density at radius 3 is 1.71 bits per heavy atom. The maximum Gasteiger partial charge on any atom is 0.248 e. The predicted molar refractivity (Wildman–Crippen MR) is 103 cm³/mol. The van der Waals surface area contributed by atoms with Crippen molar-refractivity contribution in [1.29, 1.82) is 0 Å². The number of carbonyl (C=O) groups is 1. The van der Waals surface area contributed by atoms with Crippen molar-refractivity contribution < 1.29 is 18.9 Å². The second kappa shape index (κ2) is 13.2. The highest BCUT2D eigenvalue weighted by Crippen LogP contribution is 2.20. The Hall–Kier alpha value is -0.0200. The summed E-state index contributed by atoms with van der Waals surface area (Å²) in [7, 11) is 8.64. The maximum atomic E-state index is 12.2. The number of Topliss-reactive ketones (excluding diaryl/α,β-unsaturated/α-hetero) is 1. The summed E-state index contributed by atoms with van der Waals surface area (Å²) in [5.41, 5.74) is 0. The van der Waals surface area contributed by atoms with Crippen LogP contribution in [-0.2, 0) is 9.32 Å². The van der Waals surface area contributed by atoms with Crippen molar-refractivity contribution >= 4 is 15.2 Å². The Balaban J connectivity index is 3.71. The molecule has 0 rings (SSSR count). The van der Waals surface area contributed by atoms with Gasteiger partial charge in [0.2, 0.25) is 5.79 Å². The molecule has 0 aromatic heterocycles. The summed E-state index contributed by atoms with van der Waals surface area (Å²) < 4.78 is 5.39. The van der Waals surface area contributed by atoms with Gasteiger partial charge in [0.05, 0.1) is 21.1 Å². The molecule has 0 saturated carbocycles. The standard InChI is InChI=1S/C19H40NO3P/c1-5-6-7-8-9-10-11-12-13-14-15-16-18(21)19(22,23-24)17-20(2,3)4/h22,24H,5-17H2,1-4H3. The Labute approximate surface area is 152 Å². The minimum Gasteiger partial charge on any atom is -0.526 e. The lowest BCUT2D eigenvalue weighted by atomic mass is 10.0. The van der Waals surface area contributed by atoms with Gasteiger partial charge in [0.15, 0.2) is 5.78 Å². The van der Waals surface area contributed by atoms with E-state index in [1.54, 1.807) is 0 Å². The summed E-state index contributed by atoms with van der Waals surface area (Å²) in [4.78, 5) is 12.2. The number of unbranched alkanes of at least 4 members (excludes halogenated alkanes) is 10. The molecule has 0 aliphatic rings. The van der Waals surface area contributed by atoms with E-state index in [9.17, 15) is 9.90 Å². The molecule has 24 heavy (non-hydrogen) atoms. The molecule has 0 aliphatic carbocycles. The van der Waals surface area contributed by atoms with Crippen LogP contribution in [-0.4, -0.2) is 48.8 Å². The number of rotatable bonds is 16. The van der Waals surface area contributed by atoms with Crippen LogP contribution in [0, 0.1) is 0 Å². The number of likely N-dealkylation sites (N-methyl/N-ethyl adjacent to an activating group) is 1. The summed E-state index contributed by atoms with van der Waals surface area (Å²) in [6, 6.07) is 0. The fourth-order valence-corrected chi connectivity index (χ4v) is 3.14. The monoisotopic (exact) mass is 361 g/mol. The van der Waals surface area contributed by atoms with Crippen molar-refractivity contribution in [1.82, 2.24) is 0 Å². The molecule has 0 saturated heterocycles. The van der Waals surface area contributed by atoms with Gasteiger partial charge in [-0.05, 0) is 6.42 Å². The topological polar surface area (TPSA) is 46.5 Å². The number of nitrogens with zero attached hydrogens (tertiary/aromatic N) is 1. The lowest BCUT2D eigenvalue weighted by Crippen LogP contribution is -2.54. The highest BCUT2D eigenvalue weighted by molar-refractivity contribution is 7.10. The number of aliphatic hydroxyl groups is 1. The van der Waals surface area contributed by atoms with Gasteiger partial charge in [0.1, 0.15) is 6.54 Å². The third-order valence-electron chi connectivity index (χ3n) is 4.30. The number of ketones is 1. The van der Waals surface area contributed by atoms with Crippen LogP contribution in [0.4, 0.5) is 0 Å². The van der Waals surface area contributed by atoms with Gasteiger partial charge in [-0.2, -0.15) is 0 Å². The van der Waals surface area contributed by atoms with Crippen LogP contribution in [0.2, 0.25) is 0 Å². The number of hydrogen-bond donors (Lipinski definition) is 1. The fourth-order valence-electron chi connectivity index (χ4n) is 2.97. The van der Waals surface area contributed by atoms with E-state index >= 15 is 0 Å². The van der Waals surface area contributed by atoms with Crippen molar-refractivity contribution in [2.24, 2.45) is 0 Å². The van der Waals surface area contributed by atoms with Crippen LogP contribution in [0.15, 0.2) is 0 Å². The first-order valence-electron chi connectivity index (χ1n) is 9.66. The SMILES string of the molecule is CCCCCCCCCCCCCC(=O)C(O)(C[N+](C)(C)C)O[PH-]. The second-order valence-electron chi connectivity index (χ2n) is 8.04. The van der Waals surface area contributed by atoms with Gasteiger partial charge < -0.3 is 23.6 Å². The molecule has 5 heteroatoms. The normalized spacial score (nSPS) is 14.6. The van der Waals surface area contributed by atoms with E-state index in [4.69, 9.17) is 4.52 Å². The Morgan fingerprint density at radius 1 is 0.917 bits per heavy atom. The quantitative estimate of drug-likeness (QED) is 0.187. The molecule has 4 nitrogen and oxygen atoms in total. The minimum absolute atomic E-state index is 0.230. The number of quaternary nitrogens is 1. The third-order valence-corrected chi connectivity index (χ3v) is 4.64. The van der Waals surface area contributed by atoms with Crippen LogP contribution in [0.25, 0.3) is 0 Å². The predicted octanol–water partition coefficient (Wildman–Crippen LogP) is 4.73. The summed E-state index contributed by atoms with van der Waals surface area (Å²) in [5, 5.41) is 10.3. The van der Waals surface area contributed by atoms with Crippen molar-refractivity contribution in [3.8, 4) is 0 Å². The van der Waals surface area contributed by atoms with Gasteiger partial charge in [-0.15, -0.1) is 0 Å². The molecule has 1 atom stereocenters. The van der Waals surface area contributed by atoms with Crippen LogP contribution < -0.4 is 0 Å². The maximum absolute atomic E-state index is 12.2. The Morgan fingerprint density at radius 2 is 1.33 bits per heavy atom. The van der Waals surface area contributed by atoms with E-state index in [1.165, 1.54) is 57.8 Å². The van der Waals surface area contributed by atoms with Crippen LogP contribution in [0.5, 0.6) is 0 Å². The third kappa shape index (κ3) is 12.4. The summed E-state index contributed by atoms with van der Waals surface area (Å²) in [6.07, 6.45) is 14.1. The first kappa shape index (κ1) is 24.0. The number of hydrogen-bond acceptors (Lipinski definition) is 3. The average molecular weight is 362 g/mol. The van der Waals surface area contributed by atoms with Crippen LogP contribution in [0.3, 0.4) is 0 Å². The van der Waals surface area contributed by atoms with E-state index in [0.29, 0.717) is 10.9 Å². The van der Waals surface area contributed by atoms with Gasteiger partial charge in [0, 0.05) is 6.42 Å². The molecule has 1 unspecified atom stereocenters. The van der Waals surface area contributed by atoms with Gasteiger partial charge in [-0.25, -0.2) is 0 Å². The summed E-state index contributed by atoms with van der Waals surface area (Å²) >= 11 is 0. The van der Waals surface area contributed by atoms with E-state index in [0.717, 1.165) is 12.8 Å². The average Bonchev–Trinajstić information content (AvgIpc) is 2.50. The van der Waals surface area contributed by atoms with Crippen molar-refractivity contribution in [3.63, 3.8) is 0 Å². The Kier molecular flexibility index (Phi) is 13.2. The molecule has 0 aliphatic heterocycles. The van der Waals surface area contributed by atoms with Gasteiger partial charge in [-0.3, -0.25) is 4.79 Å². The molecule has 0 radical (unpaired) electrons. The molecule has 1 N–H and O–H groups in total. The second-order valence-corrected chi connectivity index (χ2v) is 8.25. The van der Waals surface area contributed by atoms with Gasteiger partial charge in [0.25, 0.3) is 0 Å². The smallest absolute Gasteiger partial charge is 0.248 e. The van der Waals surface area contributed by atoms with E-state index in [-0.39, 0.29) is 12.3 Å². The zero-order chi connectivity index (χ0) is 18.5. The zero-order valence-corrected chi connectivity index (χ0v) is 17.4. The number of carbonyl (C=O) groups excluding carboxylic acids is 1. The van der Waals surface area contributed by atoms with Gasteiger partial charge >= 0.3 is 0 Å². The van der Waals surface area contributed by atoms with E-state index < -0.39 is 5.79 Å². The molecule has 0 spiro atoms. The molecule has 0 aromatic rings. The van der Waals surface area contributed by atoms with E-state index in [1.807, 2.05) is 21.1 Å². The zero-order valence-electron chi connectivity index (χ0n) is 16.4. The first-order valence-corrected chi connectivity index (χ1v) is 10.1. The molecular weight excluding hydrogens is 321 g/mol. The molecule has 0 fully saturated rings. The Bertz CT molecular complexity index is 331.